The van der Waals surface area contributed by atoms with Gasteiger partial charge in [0.25, 0.3) is 0 Å². The molecule has 15 heavy (non-hydrogen) atoms. The second kappa shape index (κ2) is 5.50. The molecule has 1 heterocycles. The van der Waals surface area contributed by atoms with E-state index in [1.807, 2.05) is 6.92 Å². The van der Waals surface area contributed by atoms with Gasteiger partial charge in [0, 0.05) is 18.5 Å². The van der Waals surface area contributed by atoms with Crippen LogP contribution in [0.4, 0.5) is 5.82 Å². The second-order valence-corrected chi connectivity index (χ2v) is 3.35. The van der Waals surface area contributed by atoms with Crippen molar-refractivity contribution in [2.45, 2.75) is 19.8 Å². The Morgan fingerprint density at radius 2 is 2.33 bits per heavy atom. The van der Waals surface area contributed by atoms with Crippen LogP contribution in [-0.2, 0) is 11.2 Å². The molecule has 6 heteroatoms. The van der Waals surface area contributed by atoms with Crippen LogP contribution in [0.15, 0.2) is 6.33 Å². The highest BCUT2D eigenvalue weighted by Crippen LogP contribution is 2.19. The summed E-state index contributed by atoms with van der Waals surface area (Å²) in [6, 6.07) is 0. The van der Waals surface area contributed by atoms with E-state index in [0.717, 1.165) is 12.0 Å². The zero-order chi connectivity index (χ0) is 11.3. The number of hydrogen-bond acceptors (Lipinski definition) is 4. The Morgan fingerprint density at radius 3 is 2.93 bits per heavy atom. The Morgan fingerprint density at radius 1 is 1.60 bits per heavy atom. The molecule has 5 nitrogen and oxygen atoms in total. The Kier molecular flexibility index (Phi) is 4.30. The maximum absolute atomic E-state index is 10.5. The van der Waals surface area contributed by atoms with E-state index in [2.05, 4.69) is 15.3 Å². The number of primary amides is 1. The maximum Gasteiger partial charge on any atom is 0.219 e. The monoisotopic (exact) mass is 228 g/mol. The number of aromatic nitrogens is 2. The number of rotatable bonds is 5. The molecule has 0 saturated carbocycles. The normalized spacial score (nSPS) is 10.0. The summed E-state index contributed by atoms with van der Waals surface area (Å²) in [6.45, 7) is 2.42. The van der Waals surface area contributed by atoms with Crippen molar-refractivity contribution >= 4 is 23.3 Å². The smallest absolute Gasteiger partial charge is 0.219 e. The zero-order valence-corrected chi connectivity index (χ0v) is 9.21. The van der Waals surface area contributed by atoms with Crippen molar-refractivity contribution < 1.29 is 4.79 Å². The number of carbonyl (C=O) groups is 1. The van der Waals surface area contributed by atoms with Crippen LogP contribution in [0.3, 0.4) is 0 Å². The number of carbonyl (C=O) groups excluding carboxylic acids is 1. The fourth-order valence-corrected chi connectivity index (χ4v) is 1.43. The van der Waals surface area contributed by atoms with Gasteiger partial charge in [-0.2, -0.15) is 0 Å². The Hall–Kier alpha value is -1.36. The lowest BCUT2D eigenvalue weighted by molar-refractivity contribution is -0.117. The molecule has 0 aliphatic heterocycles. The van der Waals surface area contributed by atoms with Gasteiger partial charge >= 0.3 is 0 Å². The lowest BCUT2D eigenvalue weighted by Gasteiger charge is -2.09. The Bertz CT molecular complexity index is 356. The van der Waals surface area contributed by atoms with Crippen molar-refractivity contribution in [1.29, 1.82) is 0 Å². The maximum atomic E-state index is 10.5. The molecular weight excluding hydrogens is 216 g/mol. The summed E-state index contributed by atoms with van der Waals surface area (Å²) in [6.07, 6.45) is 2.39. The minimum Gasteiger partial charge on any atom is -0.370 e. The SMILES string of the molecule is CCc1c(Cl)ncnc1NCCC(N)=O. The topological polar surface area (TPSA) is 80.9 Å². The van der Waals surface area contributed by atoms with Crippen LogP contribution < -0.4 is 11.1 Å². The molecule has 1 aromatic rings. The van der Waals surface area contributed by atoms with Crippen LogP contribution >= 0.6 is 11.6 Å². The van der Waals surface area contributed by atoms with Crippen LogP contribution in [-0.4, -0.2) is 22.4 Å². The molecule has 3 N–H and O–H groups in total. The zero-order valence-electron chi connectivity index (χ0n) is 8.46. The number of nitrogens with zero attached hydrogens (tertiary/aromatic N) is 2. The summed E-state index contributed by atoms with van der Waals surface area (Å²) in [5.41, 5.74) is 5.87. The van der Waals surface area contributed by atoms with Crippen LogP contribution in [0.5, 0.6) is 0 Å². The summed E-state index contributed by atoms with van der Waals surface area (Å²) in [4.78, 5) is 18.5. The molecule has 0 atom stereocenters. The molecule has 82 valence electrons. The Labute approximate surface area is 93.0 Å². The van der Waals surface area contributed by atoms with Gasteiger partial charge in [-0.15, -0.1) is 0 Å². The van der Waals surface area contributed by atoms with E-state index < -0.39 is 0 Å². The average Bonchev–Trinajstić information content (AvgIpc) is 2.17. The van der Waals surface area contributed by atoms with Gasteiger partial charge in [-0.3, -0.25) is 4.79 Å². The third-order valence-corrected chi connectivity index (χ3v) is 2.24. The lowest BCUT2D eigenvalue weighted by Crippen LogP contribution is -2.17. The Balaban J connectivity index is 2.67. The molecular formula is C9H13ClN4O. The van der Waals surface area contributed by atoms with Gasteiger partial charge in [0.15, 0.2) is 0 Å². The van der Waals surface area contributed by atoms with Crippen molar-refractivity contribution in [3.05, 3.63) is 17.0 Å². The number of hydrogen-bond donors (Lipinski definition) is 2. The minimum absolute atomic E-state index is 0.269. The molecule has 1 rings (SSSR count). The van der Waals surface area contributed by atoms with Gasteiger partial charge in [-0.25, -0.2) is 9.97 Å². The third kappa shape index (κ3) is 3.36. The predicted molar refractivity (Wildman–Crippen MR) is 58.7 cm³/mol. The van der Waals surface area contributed by atoms with Crippen LogP contribution in [0, 0.1) is 0 Å². The fraction of sp³-hybridized carbons (Fsp3) is 0.444. The molecule has 0 unspecified atom stereocenters. The van der Waals surface area contributed by atoms with E-state index in [1.165, 1.54) is 6.33 Å². The van der Waals surface area contributed by atoms with E-state index >= 15 is 0 Å². The number of anilines is 1. The molecule has 0 fully saturated rings. The van der Waals surface area contributed by atoms with E-state index in [4.69, 9.17) is 17.3 Å². The van der Waals surface area contributed by atoms with Crippen molar-refractivity contribution in [2.75, 3.05) is 11.9 Å². The largest absolute Gasteiger partial charge is 0.370 e. The van der Waals surface area contributed by atoms with E-state index in [0.29, 0.717) is 17.5 Å². The van der Waals surface area contributed by atoms with Gasteiger partial charge in [-0.1, -0.05) is 18.5 Å². The number of halogens is 1. The highest BCUT2D eigenvalue weighted by atomic mass is 35.5. The molecule has 0 radical (unpaired) electrons. The first-order valence-corrected chi connectivity index (χ1v) is 5.04. The van der Waals surface area contributed by atoms with E-state index in [1.54, 1.807) is 0 Å². The molecule has 0 aromatic carbocycles. The first-order chi connectivity index (χ1) is 7.15. The van der Waals surface area contributed by atoms with E-state index in [-0.39, 0.29) is 12.3 Å². The molecule has 0 bridgehead atoms. The minimum atomic E-state index is -0.347. The first-order valence-electron chi connectivity index (χ1n) is 4.66. The van der Waals surface area contributed by atoms with Crippen molar-refractivity contribution in [1.82, 2.24) is 9.97 Å². The predicted octanol–water partition coefficient (Wildman–Crippen LogP) is 0.980. The average molecular weight is 229 g/mol. The van der Waals surface area contributed by atoms with Gasteiger partial charge in [0.2, 0.25) is 5.91 Å². The molecule has 0 spiro atoms. The van der Waals surface area contributed by atoms with Crippen LogP contribution in [0.25, 0.3) is 0 Å². The summed E-state index contributed by atoms with van der Waals surface area (Å²) >= 11 is 5.89. The van der Waals surface area contributed by atoms with Gasteiger partial charge < -0.3 is 11.1 Å². The molecule has 1 aromatic heterocycles. The number of nitrogens with one attached hydrogen (secondary N) is 1. The number of nitrogens with two attached hydrogens (primary N) is 1. The number of amides is 1. The first kappa shape index (κ1) is 11.7. The van der Waals surface area contributed by atoms with Crippen LogP contribution in [0.2, 0.25) is 5.15 Å². The highest BCUT2D eigenvalue weighted by molar-refractivity contribution is 6.30. The summed E-state index contributed by atoms with van der Waals surface area (Å²) in [7, 11) is 0. The standard InChI is InChI=1S/C9H13ClN4O/c1-2-6-8(10)13-5-14-9(6)12-4-3-7(11)15/h5H,2-4H2,1H3,(H2,11,15)(H,12,13,14). The highest BCUT2D eigenvalue weighted by Gasteiger charge is 2.07. The van der Waals surface area contributed by atoms with Crippen LogP contribution in [0.1, 0.15) is 18.9 Å². The summed E-state index contributed by atoms with van der Waals surface area (Å²) < 4.78 is 0. The van der Waals surface area contributed by atoms with Gasteiger partial charge in [0.05, 0.1) is 0 Å². The van der Waals surface area contributed by atoms with Crippen molar-refractivity contribution in [2.24, 2.45) is 5.73 Å². The lowest BCUT2D eigenvalue weighted by atomic mass is 10.2. The summed E-state index contributed by atoms with van der Waals surface area (Å²) in [5.74, 6) is 0.319. The third-order valence-electron chi connectivity index (χ3n) is 1.91. The molecule has 0 aliphatic rings. The summed E-state index contributed by atoms with van der Waals surface area (Å²) in [5, 5.41) is 3.44. The molecule has 0 aliphatic carbocycles. The van der Waals surface area contributed by atoms with E-state index in [9.17, 15) is 4.79 Å². The van der Waals surface area contributed by atoms with Gasteiger partial charge in [0.1, 0.15) is 17.3 Å². The molecule has 0 saturated heterocycles. The van der Waals surface area contributed by atoms with Gasteiger partial charge in [-0.05, 0) is 6.42 Å². The van der Waals surface area contributed by atoms with Crippen molar-refractivity contribution in [3.8, 4) is 0 Å². The van der Waals surface area contributed by atoms with Crippen molar-refractivity contribution in [3.63, 3.8) is 0 Å². The quantitative estimate of drug-likeness (QED) is 0.737. The second-order valence-electron chi connectivity index (χ2n) is 2.99. The molecule has 1 amide bonds. The fourth-order valence-electron chi connectivity index (χ4n) is 1.16.